The molecule has 1 aliphatic rings. The fourth-order valence-corrected chi connectivity index (χ4v) is 3.18. The van der Waals surface area contributed by atoms with Crippen molar-refractivity contribution in [3.63, 3.8) is 0 Å². The summed E-state index contributed by atoms with van der Waals surface area (Å²) in [6, 6.07) is 14.0. The van der Waals surface area contributed by atoms with Gasteiger partial charge in [0.15, 0.2) is 0 Å². The summed E-state index contributed by atoms with van der Waals surface area (Å²) in [7, 11) is 4.02. The van der Waals surface area contributed by atoms with Gasteiger partial charge in [0.1, 0.15) is 0 Å². The van der Waals surface area contributed by atoms with Crippen molar-refractivity contribution >= 4 is 23.2 Å². The zero-order valence-corrected chi connectivity index (χ0v) is 14.7. The number of hydrogen-bond acceptors (Lipinski definition) is 3. The summed E-state index contributed by atoms with van der Waals surface area (Å²) in [4.78, 5) is 14.7. The number of nitrogens with zero attached hydrogens (tertiary/aromatic N) is 1. The van der Waals surface area contributed by atoms with Crippen molar-refractivity contribution in [2.75, 3.05) is 25.5 Å². The molecule has 1 atom stereocenters. The molecule has 2 aromatic rings. The van der Waals surface area contributed by atoms with E-state index in [1.54, 1.807) is 0 Å². The van der Waals surface area contributed by atoms with Gasteiger partial charge < -0.3 is 15.5 Å². The van der Waals surface area contributed by atoms with Crippen molar-refractivity contribution in [3.05, 3.63) is 64.2 Å². The lowest BCUT2D eigenvalue weighted by Gasteiger charge is -2.26. The first-order valence-electron chi connectivity index (χ1n) is 8.07. The molecule has 0 aromatic heterocycles. The molecule has 126 valence electrons. The quantitative estimate of drug-likeness (QED) is 0.897. The summed E-state index contributed by atoms with van der Waals surface area (Å²) in [5.74, 6) is -0.130. The van der Waals surface area contributed by atoms with E-state index in [1.807, 2.05) is 44.4 Å². The van der Waals surface area contributed by atoms with Gasteiger partial charge in [-0.15, -0.1) is 0 Å². The first-order valence-corrected chi connectivity index (χ1v) is 8.45. The molecule has 1 unspecified atom stereocenters. The number of carbonyl (C=O) groups excluding carboxylic acids is 1. The van der Waals surface area contributed by atoms with E-state index in [2.05, 4.69) is 27.7 Å². The van der Waals surface area contributed by atoms with E-state index in [0.29, 0.717) is 18.1 Å². The summed E-state index contributed by atoms with van der Waals surface area (Å²) in [5.41, 5.74) is 4.41. The van der Waals surface area contributed by atoms with Crippen LogP contribution in [-0.4, -0.2) is 26.5 Å². The second-order valence-corrected chi connectivity index (χ2v) is 6.74. The molecule has 1 heterocycles. The van der Waals surface area contributed by atoms with Crippen LogP contribution in [0.15, 0.2) is 42.5 Å². The Hall–Kier alpha value is -2.04. The zero-order chi connectivity index (χ0) is 17.1. The average molecular weight is 344 g/mol. The van der Waals surface area contributed by atoms with Gasteiger partial charge in [-0.1, -0.05) is 29.8 Å². The molecule has 0 radical (unpaired) electrons. The van der Waals surface area contributed by atoms with Crippen LogP contribution in [-0.2, 0) is 17.9 Å². The summed E-state index contributed by atoms with van der Waals surface area (Å²) in [6.07, 6.45) is 0. The standard InChI is InChI=1S/C19H22ClN3O/c1-23(2)16-6-3-13(4-7-16)10-22-19(24)18-12-21-11-14-9-15(20)5-8-17(14)18/h3-9,18,21H,10-12H2,1-2H3,(H,22,24). The molecule has 0 saturated heterocycles. The minimum absolute atomic E-state index is 0.0439. The van der Waals surface area contributed by atoms with Gasteiger partial charge in [0, 0.05) is 44.4 Å². The van der Waals surface area contributed by atoms with Crippen LogP contribution < -0.4 is 15.5 Å². The van der Waals surface area contributed by atoms with Gasteiger partial charge in [0.2, 0.25) is 5.91 Å². The van der Waals surface area contributed by atoms with Gasteiger partial charge in [0.05, 0.1) is 5.92 Å². The normalized spacial score (nSPS) is 16.4. The van der Waals surface area contributed by atoms with E-state index in [-0.39, 0.29) is 11.8 Å². The first-order chi connectivity index (χ1) is 11.5. The Morgan fingerprint density at radius 3 is 2.71 bits per heavy atom. The number of amides is 1. The predicted molar refractivity (Wildman–Crippen MR) is 98.5 cm³/mol. The molecule has 0 saturated carbocycles. The average Bonchev–Trinajstić information content (AvgIpc) is 2.59. The molecule has 0 fully saturated rings. The molecule has 1 amide bonds. The molecular weight excluding hydrogens is 322 g/mol. The third-order valence-corrected chi connectivity index (χ3v) is 4.62. The van der Waals surface area contributed by atoms with Gasteiger partial charge >= 0.3 is 0 Å². The molecule has 0 spiro atoms. The number of carbonyl (C=O) groups is 1. The SMILES string of the molecule is CN(C)c1ccc(CNC(=O)C2CNCc3cc(Cl)ccc32)cc1. The highest BCUT2D eigenvalue weighted by atomic mass is 35.5. The van der Waals surface area contributed by atoms with Crippen LogP contribution in [0.5, 0.6) is 0 Å². The molecule has 1 aliphatic heterocycles. The van der Waals surface area contributed by atoms with Crippen LogP contribution in [0.3, 0.4) is 0 Å². The number of benzene rings is 2. The summed E-state index contributed by atoms with van der Waals surface area (Å²) < 4.78 is 0. The Labute approximate surface area is 147 Å². The lowest BCUT2D eigenvalue weighted by Crippen LogP contribution is -2.38. The van der Waals surface area contributed by atoms with Crippen molar-refractivity contribution in [1.82, 2.24) is 10.6 Å². The van der Waals surface area contributed by atoms with Crippen LogP contribution in [0.2, 0.25) is 5.02 Å². The van der Waals surface area contributed by atoms with E-state index in [4.69, 9.17) is 11.6 Å². The van der Waals surface area contributed by atoms with Crippen LogP contribution in [0.4, 0.5) is 5.69 Å². The predicted octanol–water partition coefficient (Wildman–Crippen LogP) is 2.91. The molecular formula is C19H22ClN3O. The molecule has 0 aliphatic carbocycles. The number of rotatable bonds is 4. The number of nitrogens with one attached hydrogen (secondary N) is 2. The Bertz CT molecular complexity index is 728. The monoisotopic (exact) mass is 343 g/mol. The lowest BCUT2D eigenvalue weighted by molar-refractivity contribution is -0.122. The fourth-order valence-electron chi connectivity index (χ4n) is 2.99. The van der Waals surface area contributed by atoms with Crippen molar-refractivity contribution in [2.45, 2.75) is 19.0 Å². The second-order valence-electron chi connectivity index (χ2n) is 6.31. The van der Waals surface area contributed by atoms with Gasteiger partial charge in [0.25, 0.3) is 0 Å². The summed E-state index contributed by atoms with van der Waals surface area (Å²) in [6.45, 7) is 1.94. The lowest BCUT2D eigenvalue weighted by atomic mass is 9.90. The Morgan fingerprint density at radius 1 is 1.25 bits per heavy atom. The van der Waals surface area contributed by atoms with Crippen LogP contribution in [0.25, 0.3) is 0 Å². The summed E-state index contributed by atoms with van der Waals surface area (Å²) >= 11 is 6.05. The second kappa shape index (κ2) is 7.24. The Balaban J connectivity index is 1.66. The first kappa shape index (κ1) is 16.8. The van der Waals surface area contributed by atoms with Gasteiger partial charge in [-0.3, -0.25) is 4.79 Å². The van der Waals surface area contributed by atoms with Crippen LogP contribution >= 0.6 is 11.6 Å². The van der Waals surface area contributed by atoms with Gasteiger partial charge in [-0.2, -0.15) is 0 Å². The van der Waals surface area contributed by atoms with E-state index >= 15 is 0 Å². The van der Waals surface area contributed by atoms with E-state index in [0.717, 1.165) is 28.9 Å². The number of halogens is 1. The number of hydrogen-bond donors (Lipinski definition) is 2. The van der Waals surface area contributed by atoms with Crippen molar-refractivity contribution in [2.24, 2.45) is 0 Å². The van der Waals surface area contributed by atoms with E-state index in [9.17, 15) is 4.79 Å². The molecule has 0 bridgehead atoms. The largest absolute Gasteiger partial charge is 0.378 e. The highest BCUT2D eigenvalue weighted by Gasteiger charge is 2.26. The maximum atomic E-state index is 12.6. The van der Waals surface area contributed by atoms with Gasteiger partial charge in [-0.25, -0.2) is 0 Å². The van der Waals surface area contributed by atoms with Gasteiger partial charge in [-0.05, 0) is 41.0 Å². The maximum Gasteiger partial charge on any atom is 0.229 e. The zero-order valence-electron chi connectivity index (χ0n) is 14.0. The molecule has 24 heavy (non-hydrogen) atoms. The number of fused-ring (bicyclic) bond motifs is 1. The van der Waals surface area contributed by atoms with Crippen LogP contribution in [0.1, 0.15) is 22.6 Å². The van der Waals surface area contributed by atoms with Crippen molar-refractivity contribution in [1.29, 1.82) is 0 Å². The third kappa shape index (κ3) is 3.71. The van der Waals surface area contributed by atoms with Crippen molar-refractivity contribution < 1.29 is 4.79 Å². The molecule has 5 heteroatoms. The number of anilines is 1. The van der Waals surface area contributed by atoms with Crippen LogP contribution in [0, 0.1) is 0 Å². The fraction of sp³-hybridized carbons (Fsp3) is 0.316. The minimum Gasteiger partial charge on any atom is -0.378 e. The maximum absolute atomic E-state index is 12.6. The van der Waals surface area contributed by atoms with Crippen molar-refractivity contribution in [3.8, 4) is 0 Å². The smallest absolute Gasteiger partial charge is 0.229 e. The molecule has 3 rings (SSSR count). The minimum atomic E-state index is -0.174. The topological polar surface area (TPSA) is 44.4 Å². The summed E-state index contributed by atoms with van der Waals surface area (Å²) in [5, 5.41) is 7.05. The molecule has 4 nitrogen and oxygen atoms in total. The highest BCUT2D eigenvalue weighted by molar-refractivity contribution is 6.30. The Morgan fingerprint density at radius 2 is 2.00 bits per heavy atom. The molecule has 2 aromatic carbocycles. The Kier molecular flexibility index (Phi) is 5.07. The highest BCUT2D eigenvalue weighted by Crippen LogP contribution is 2.27. The van der Waals surface area contributed by atoms with E-state index in [1.165, 1.54) is 0 Å². The third-order valence-electron chi connectivity index (χ3n) is 4.38. The van der Waals surface area contributed by atoms with E-state index < -0.39 is 0 Å². The molecule has 2 N–H and O–H groups in total.